The van der Waals surface area contributed by atoms with Crippen LogP contribution in [0.4, 0.5) is 11.8 Å². The Hall–Kier alpha value is -2.17. The van der Waals surface area contributed by atoms with Gasteiger partial charge >= 0.3 is 0 Å². The maximum atomic E-state index is 12.1. The van der Waals surface area contributed by atoms with Crippen molar-refractivity contribution in [1.29, 1.82) is 0 Å². The largest absolute Gasteiger partial charge is 0.393 e. The predicted octanol–water partition coefficient (Wildman–Crippen LogP) is 4.13. The molecular weight excluding hydrogens is 462 g/mol. The summed E-state index contributed by atoms with van der Waals surface area (Å²) in [4.78, 5) is 22.3. The molecule has 190 valence electrons. The van der Waals surface area contributed by atoms with Gasteiger partial charge in [-0.3, -0.25) is 9.48 Å². The number of amides is 1. The zero-order chi connectivity index (χ0) is 24.4. The summed E-state index contributed by atoms with van der Waals surface area (Å²) in [5.41, 5.74) is 0.649. The summed E-state index contributed by atoms with van der Waals surface area (Å²) in [7, 11) is 0. The Kier molecular flexibility index (Phi) is 7.31. The molecule has 1 saturated heterocycles. The van der Waals surface area contributed by atoms with Crippen LogP contribution in [0.25, 0.3) is 0 Å². The molecule has 3 fully saturated rings. The number of hydrogen-bond donors (Lipinski definition) is 3. The molecule has 0 unspecified atom stereocenters. The molecule has 1 spiro atoms. The summed E-state index contributed by atoms with van der Waals surface area (Å²) in [5, 5.41) is 19.7. The second kappa shape index (κ2) is 10.4. The van der Waals surface area contributed by atoms with Crippen molar-refractivity contribution in [3.05, 3.63) is 24.2 Å². The molecule has 0 aromatic carbocycles. The van der Waals surface area contributed by atoms with Gasteiger partial charge in [-0.05, 0) is 64.3 Å². The Bertz CT molecular complexity index is 1020. The van der Waals surface area contributed by atoms with Crippen molar-refractivity contribution in [3.63, 3.8) is 0 Å². The maximum Gasteiger partial charge on any atom is 0.236 e. The number of hydrogen-bond acceptors (Lipinski definition) is 8. The van der Waals surface area contributed by atoms with Gasteiger partial charge in [-0.25, -0.2) is 9.29 Å². The lowest BCUT2D eigenvalue weighted by Gasteiger charge is -2.31. The van der Waals surface area contributed by atoms with Crippen LogP contribution in [0.5, 0.6) is 0 Å². The van der Waals surface area contributed by atoms with Crippen LogP contribution in [0.15, 0.2) is 23.5 Å². The number of aliphatic hydroxyl groups is 1. The summed E-state index contributed by atoms with van der Waals surface area (Å²) >= 11 is 1.78. The van der Waals surface area contributed by atoms with Gasteiger partial charge in [0.15, 0.2) is 0 Å². The van der Waals surface area contributed by atoms with Crippen molar-refractivity contribution < 1.29 is 9.90 Å². The average molecular weight is 500 g/mol. The molecule has 2 aromatic heterocycles. The van der Waals surface area contributed by atoms with E-state index < -0.39 is 0 Å². The molecular formula is C25H37N7O2S. The molecule has 10 heteroatoms. The highest BCUT2D eigenvalue weighted by Gasteiger charge is 2.57. The fourth-order valence-electron chi connectivity index (χ4n) is 5.02. The molecule has 2 aromatic rings. The molecule has 35 heavy (non-hydrogen) atoms. The van der Waals surface area contributed by atoms with E-state index in [4.69, 9.17) is 5.11 Å². The summed E-state index contributed by atoms with van der Waals surface area (Å²) in [6.07, 6.45) is 15.7. The van der Waals surface area contributed by atoms with Crippen LogP contribution >= 0.6 is 11.9 Å². The predicted molar refractivity (Wildman–Crippen MR) is 137 cm³/mol. The van der Waals surface area contributed by atoms with Crippen LogP contribution < -0.4 is 10.6 Å². The lowest BCUT2D eigenvalue weighted by molar-refractivity contribution is -0.117. The minimum atomic E-state index is -0.320. The molecule has 3 N–H and O–H groups in total. The van der Waals surface area contributed by atoms with E-state index in [9.17, 15) is 4.79 Å². The van der Waals surface area contributed by atoms with Gasteiger partial charge in [-0.1, -0.05) is 19.3 Å². The molecule has 1 amide bonds. The van der Waals surface area contributed by atoms with Crippen LogP contribution in [0.2, 0.25) is 0 Å². The lowest BCUT2D eigenvalue weighted by Crippen LogP contribution is -2.35. The van der Waals surface area contributed by atoms with E-state index in [1.165, 1.54) is 24.2 Å². The first-order valence-electron chi connectivity index (χ1n) is 13.0. The Balaban J connectivity index is 0.000000313. The van der Waals surface area contributed by atoms with E-state index in [-0.39, 0.29) is 17.4 Å². The Morgan fingerprint density at radius 1 is 1.14 bits per heavy atom. The highest BCUT2D eigenvalue weighted by Crippen LogP contribution is 2.54. The van der Waals surface area contributed by atoms with Crippen LogP contribution in [-0.2, 0) is 10.2 Å². The molecule has 2 aliphatic carbocycles. The Morgan fingerprint density at radius 3 is 2.49 bits per heavy atom. The Morgan fingerprint density at radius 2 is 1.89 bits per heavy atom. The van der Waals surface area contributed by atoms with Gasteiger partial charge in [0.05, 0.1) is 22.6 Å². The van der Waals surface area contributed by atoms with E-state index in [0.29, 0.717) is 23.8 Å². The maximum absolute atomic E-state index is 12.1. The molecule has 4 heterocycles. The Labute approximate surface area is 211 Å². The van der Waals surface area contributed by atoms with E-state index >= 15 is 0 Å². The molecule has 0 radical (unpaired) electrons. The van der Waals surface area contributed by atoms with Crippen LogP contribution in [0.1, 0.15) is 83.2 Å². The van der Waals surface area contributed by atoms with Gasteiger partial charge in [0.25, 0.3) is 0 Å². The van der Waals surface area contributed by atoms with Gasteiger partial charge in [0.2, 0.25) is 11.9 Å². The number of piperidine rings is 1. The van der Waals surface area contributed by atoms with Crippen molar-refractivity contribution in [2.75, 3.05) is 23.7 Å². The van der Waals surface area contributed by atoms with Crippen LogP contribution in [0, 0.1) is 0 Å². The van der Waals surface area contributed by atoms with Crippen molar-refractivity contribution >= 4 is 29.6 Å². The van der Waals surface area contributed by atoms with Gasteiger partial charge in [-0.2, -0.15) is 10.1 Å². The highest BCUT2D eigenvalue weighted by molar-refractivity contribution is 7.97. The van der Waals surface area contributed by atoms with Crippen LogP contribution in [0.3, 0.4) is 0 Å². The van der Waals surface area contributed by atoms with Crippen molar-refractivity contribution in [2.45, 2.75) is 100 Å². The third-order valence-corrected chi connectivity index (χ3v) is 8.47. The number of carbonyl (C=O) groups is 1. The number of nitrogens with one attached hydrogen (secondary N) is 2. The monoisotopic (exact) mass is 499 g/mol. The molecule has 9 nitrogen and oxygen atoms in total. The number of aromatic nitrogens is 4. The molecule has 6 rings (SSSR count). The minimum absolute atomic E-state index is 0.0359. The second-order valence-electron chi connectivity index (χ2n) is 10.5. The summed E-state index contributed by atoms with van der Waals surface area (Å²) in [6.45, 7) is 6.27. The zero-order valence-corrected chi connectivity index (χ0v) is 21.6. The van der Waals surface area contributed by atoms with Crippen LogP contribution in [-0.4, -0.2) is 60.3 Å². The fraction of sp³-hybridized carbons (Fsp3) is 0.680. The van der Waals surface area contributed by atoms with Gasteiger partial charge in [-0.15, -0.1) is 0 Å². The summed E-state index contributed by atoms with van der Waals surface area (Å²) in [6, 6.07) is 0.733. The van der Waals surface area contributed by atoms with Gasteiger partial charge < -0.3 is 15.7 Å². The smallest absolute Gasteiger partial charge is 0.236 e. The minimum Gasteiger partial charge on any atom is -0.393 e. The normalized spacial score (nSPS) is 22.0. The SMILES string of the molecule is CC(C)n1cc(SN2CCC(Nc3ncc4c(n3)NC(=O)C43CC3)CC2)cn1.OC1CCCCC1. The quantitative estimate of drug-likeness (QED) is 0.527. The molecule has 4 aliphatic rings. The van der Waals surface area contributed by atoms with Crippen molar-refractivity contribution in [2.24, 2.45) is 0 Å². The first-order valence-corrected chi connectivity index (χ1v) is 13.8. The second-order valence-corrected chi connectivity index (χ2v) is 11.6. The van der Waals surface area contributed by atoms with Gasteiger partial charge in [0.1, 0.15) is 5.82 Å². The summed E-state index contributed by atoms with van der Waals surface area (Å²) in [5.74, 6) is 1.39. The molecule has 0 atom stereocenters. The van der Waals surface area contributed by atoms with Gasteiger partial charge in [0, 0.05) is 43.1 Å². The number of aliphatic hydroxyl groups excluding tert-OH is 1. The number of carbonyl (C=O) groups excluding carboxylic acids is 1. The fourth-order valence-corrected chi connectivity index (χ4v) is 5.96. The van der Waals surface area contributed by atoms with Crippen molar-refractivity contribution in [3.8, 4) is 0 Å². The van der Waals surface area contributed by atoms with E-state index in [2.05, 4.69) is 50.0 Å². The third-order valence-electron chi connectivity index (χ3n) is 7.42. The van der Waals surface area contributed by atoms with E-state index in [1.807, 2.05) is 17.1 Å². The standard InChI is InChI=1S/C19H25N7OS.C6H12O/c1-12(2)26-11-14(9-21-26)28-25-7-3-13(4-8-25)22-18-20-10-15-16(24-18)23-17(27)19(15)5-6-19;7-6-4-2-1-3-5-6/h9-13H,3-8H2,1-2H3,(H2,20,22,23,24,27);6-7H,1-5H2. The van der Waals surface area contributed by atoms with E-state index in [1.54, 1.807) is 11.9 Å². The van der Waals surface area contributed by atoms with Crippen molar-refractivity contribution in [1.82, 2.24) is 24.1 Å². The number of rotatable bonds is 5. The average Bonchev–Trinajstić information content (AvgIpc) is 3.44. The first kappa shape index (κ1) is 24.5. The molecule has 2 saturated carbocycles. The number of anilines is 2. The highest BCUT2D eigenvalue weighted by atomic mass is 32.2. The topological polar surface area (TPSA) is 108 Å². The molecule has 0 bridgehead atoms. The lowest BCUT2D eigenvalue weighted by atomic mass is 9.98. The number of nitrogens with zero attached hydrogens (tertiary/aromatic N) is 5. The third kappa shape index (κ3) is 5.65. The zero-order valence-electron chi connectivity index (χ0n) is 20.7. The number of fused-ring (bicyclic) bond motifs is 2. The molecule has 2 aliphatic heterocycles. The summed E-state index contributed by atoms with van der Waals surface area (Å²) < 4.78 is 4.38. The first-order chi connectivity index (χ1) is 16.9. The van der Waals surface area contributed by atoms with E-state index in [0.717, 1.165) is 57.2 Å².